The molecule has 628 valence electrons. The summed E-state index contributed by atoms with van der Waals surface area (Å²) in [5.41, 5.74) is 50.6. The van der Waals surface area contributed by atoms with Crippen LogP contribution in [0.15, 0.2) is 183 Å². The number of aromatic amines is 7. The Hall–Kier alpha value is -14.8. The summed E-state index contributed by atoms with van der Waals surface area (Å²) in [6, 6.07) is 46.4. The van der Waals surface area contributed by atoms with Crippen molar-refractivity contribution >= 4 is 173 Å². The second-order valence-corrected chi connectivity index (χ2v) is 36.5. The van der Waals surface area contributed by atoms with Crippen LogP contribution in [0.5, 0.6) is 5.75 Å². The van der Waals surface area contributed by atoms with Crippen molar-refractivity contribution in [1.29, 1.82) is 0 Å². The maximum atomic E-state index is 14.5. The fourth-order valence-corrected chi connectivity index (χ4v) is 22.6. The third-order valence-electron chi connectivity index (χ3n) is 26.9. The van der Waals surface area contributed by atoms with E-state index in [1.807, 2.05) is 55.5 Å². The van der Waals surface area contributed by atoms with Gasteiger partial charge in [-0.3, -0.25) is 35.6 Å². The molecule has 0 saturated carbocycles. The van der Waals surface area contributed by atoms with Gasteiger partial charge in [0.1, 0.15) is 11.6 Å². The van der Waals surface area contributed by atoms with Gasteiger partial charge in [-0.15, -0.1) is 0 Å². The van der Waals surface area contributed by atoms with E-state index >= 15 is 0 Å². The zero-order valence-electron chi connectivity index (χ0n) is 70.1. The minimum Gasteiger partial charge on any atom is -0.508 e. The summed E-state index contributed by atoms with van der Waals surface area (Å²) in [6.07, 6.45) is 36.1. The van der Waals surface area contributed by atoms with Crippen LogP contribution in [-0.4, -0.2) is 106 Å². The number of halogens is 1. The Kier molecular flexibility index (Phi) is 18.9. The third-order valence-corrected chi connectivity index (χ3v) is 28.6. The van der Waals surface area contributed by atoms with Crippen molar-refractivity contribution in [3.63, 3.8) is 0 Å². The zero-order valence-corrected chi connectivity index (χ0v) is 71.7. The number of thiazole rings is 2. The van der Waals surface area contributed by atoms with E-state index in [-0.39, 0.29) is 5.75 Å². The van der Waals surface area contributed by atoms with Crippen molar-refractivity contribution in [1.82, 2.24) is 101 Å². The van der Waals surface area contributed by atoms with Crippen LogP contribution >= 0.6 is 22.7 Å². The van der Waals surface area contributed by atoms with Crippen molar-refractivity contribution < 1.29 is 9.50 Å². The van der Waals surface area contributed by atoms with Crippen molar-refractivity contribution in [2.75, 3.05) is 11.5 Å². The molecule has 0 amide bonds. The average Bonchev–Trinajstić information content (AvgIpc) is 1.50. The van der Waals surface area contributed by atoms with E-state index in [1.165, 1.54) is 190 Å². The smallest absolute Gasteiger partial charge is 0.181 e. The average molecular weight is 1720 g/mol. The number of hydrogen-bond acceptors (Lipinski definition) is 18. The number of aromatic hydroxyl groups is 1. The largest absolute Gasteiger partial charge is 0.508 e. The summed E-state index contributed by atoms with van der Waals surface area (Å²) in [6.45, 7) is 2.06. The van der Waals surface area contributed by atoms with Gasteiger partial charge in [0.2, 0.25) is 0 Å². The normalized spacial score (nSPS) is 14.3. The Labute approximate surface area is 738 Å². The number of nitrogens with zero attached hydrogens (tertiary/aromatic N) is 13. The number of anilines is 2. The molecule has 23 aromatic rings. The lowest BCUT2D eigenvalue weighted by atomic mass is 9.85. The highest BCUT2D eigenvalue weighted by Crippen LogP contribution is 2.47. The van der Waals surface area contributed by atoms with Crippen molar-refractivity contribution in [2.45, 2.75) is 135 Å². The van der Waals surface area contributed by atoms with Crippen LogP contribution in [-0.2, 0) is 64.2 Å². The Balaban J connectivity index is 0.0000000892. The van der Waals surface area contributed by atoms with Gasteiger partial charge in [0.15, 0.2) is 10.3 Å². The zero-order chi connectivity index (χ0) is 85.4. The van der Waals surface area contributed by atoms with Gasteiger partial charge in [-0.05, 0) is 312 Å². The molecule has 0 unspecified atom stereocenters. The molecule has 0 spiro atoms. The Morgan fingerprint density at radius 3 is 1.17 bits per heavy atom. The number of benzene rings is 9. The number of nitrogen functional groups attached to an aromatic ring is 2. The van der Waals surface area contributed by atoms with Crippen molar-refractivity contribution in [2.24, 2.45) is 0 Å². The molecule has 5 aliphatic rings. The quantitative estimate of drug-likeness (QED) is 0.0765. The Morgan fingerprint density at radius 2 is 0.703 bits per heavy atom. The predicted molar refractivity (Wildman–Crippen MR) is 513 cm³/mol. The minimum atomic E-state index is -0.441. The summed E-state index contributed by atoms with van der Waals surface area (Å²) in [5, 5.41) is 67.6. The topological polar surface area (TPSA) is 350 Å². The van der Waals surface area contributed by atoms with Gasteiger partial charge in [0.05, 0.1) is 136 Å². The number of aromatic nitrogens is 20. The van der Waals surface area contributed by atoms with Crippen LogP contribution in [0.1, 0.15) is 126 Å². The number of nitrogens with two attached hydrogens (primary N) is 2. The van der Waals surface area contributed by atoms with Gasteiger partial charge in [0, 0.05) is 111 Å². The molecule has 26 heteroatoms. The maximum absolute atomic E-state index is 14.5. The second kappa shape index (κ2) is 31.4. The van der Waals surface area contributed by atoms with E-state index in [4.69, 9.17) is 31.4 Å². The van der Waals surface area contributed by atoms with Crippen LogP contribution in [0.4, 0.5) is 14.7 Å². The van der Waals surface area contributed by atoms with E-state index in [0.717, 1.165) is 220 Å². The minimum absolute atomic E-state index is 0.0731. The summed E-state index contributed by atoms with van der Waals surface area (Å²) in [4.78, 5) is 37.1. The highest BCUT2D eigenvalue weighted by molar-refractivity contribution is 7.22. The maximum Gasteiger partial charge on any atom is 0.181 e. The molecule has 12 N–H and O–H groups in total. The molecule has 0 fully saturated rings. The van der Waals surface area contributed by atoms with E-state index < -0.39 is 5.82 Å². The molecule has 0 radical (unpaired) electrons. The van der Waals surface area contributed by atoms with Gasteiger partial charge in [0.25, 0.3) is 0 Å². The standard InChI is InChI=1S/C22H18N4.2C21H17N5S.C20H16FN3O.C18H17N5/c1-2-4-16-15(3-1)21-17-9-10-23-19(17)7-8-20(21)25-22(16)13-5-6-18-14(11-13)12-24-26-18;2*22-21-25-16-6-5-11(9-18(16)27-21)20-13-4-2-1-3-12(13)19-14-10-23-26-15(14)7-8-17(19)24-20;21-16-9-11(25)5-6-14(16)20-13-4-2-1-3-12(13)19-15-10-22-24-17(15)7-8-18(19)23-20;1-10-13(8-19-22-10)18-12-5-3-2-4-11(12)17-14-9-20-23-15(14)6-7-16(17)21-18/h5-12,25H,1-4H2,(H,24,26);2*5-10H,1-4H2,(H2,22,25)(H,23,26);5-10,25H,1-4H2,(H,22,24);6-9H,2-5H2,1H3,(H,19,22)(H,20,23). The molecular weight excluding hydrogens is 1630 g/mol. The highest BCUT2D eigenvalue weighted by Gasteiger charge is 2.29. The molecule has 28 rings (SSSR count). The van der Waals surface area contributed by atoms with E-state index in [1.54, 1.807) is 6.07 Å². The fraction of sp³-hybridized carbons (Fsp3) is 0.206. The molecule has 14 aromatic heterocycles. The van der Waals surface area contributed by atoms with E-state index in [0.29, 0.717) is 21.5 Å². The molecule has 0 aliphatic heterocycles. The summed E-state index contributed by atoms with van der Waals surface area (Å²) >= 11 is 3.06. The van der Waals surface area contributed by atoms with Gasteiger partial charge in [-0.1, -0.05) is 40.9 Å². The van der Waals surface area contributed by atoms with E-state index in [9.17, 15) is 9.50 Å². The number of fused-ring (bicyclic) bond motifs is 28. The van der Waals surface area contributed by atoms with Crippen LogP contribution in [0.2, 0.25) is 0 Å². The lowest BCUT2D eigenvalue weighted by molar-refractivity contribution is 0.469. The number of phenols is 1. The molecule has 0 atom stereocenters. The molecule has 9 aromatic carbocycles. The third kappa shape index (κ3) is 13.3. The predicted octanol–water partition coefficient (Wildman–Crippen LogP) is 23.0. The van der Waals surface area contributed by atoms with Gasteiger partial charge < -0.3 is 21.6 Å². The molecule has 0 saturated heterocycles. The first-order chi connectivity index (χ1) is 63.0. The molecule has 14 heterocycles. The van der Waals surface area contributed by atoms with Crippen molar-refractivity contribution in [3.8, 4) is 62.0 Å². The van der Waals surface area contributed by atoms with Crippen molar-refractivity contribution in [3.05, 3.63) is 250 Å². The SMILES string of the molecule is Cc1[nH]ncc1-c1nc2ccc3[nH]ncc3c2c2c1CCCC2.Nc1nc2ccc(-c3nc4ccc5[nH]ncc5c4c4c3CCCC4)cc2s1.Nc1nc2ccc(-c3nc4ccc5[nH]ncc5c4c4c3CCCC4)cc2s1.Oc1ccc(-c2nc3ccc4[nH]ncc4c3c3c2CCCC3)c(F)c1.c1cc2c(ccc3[nH]c(-c4ccc5[nH]ncc5c4)c4c(c32)CCCC4)n1. The number of phenolic OH excluding ortho intramolecular Hbond substituents is 1. The number of hydrogen-bond donors (Lipinski definition) is 10. The second-order valence-electron chi connectivity index (χ2n) is 34.4. The van der Waals surface area contributed by atoms with Gasteiger partial charge in [-0.2, -0.15) is 30.6 Å². The lowest BCUT2D eigenvalue weighted by Crippen LogP contribution is -2.08. The molecule has 128 heavy (non-hydrogen) atoms. The van der Waals surface area contributed by atoms with Crippen LogP contribution in [0, 0.1) is 12.7 Å². The summed E-state index contributed by atoms with van der Waals surface area (Å²) < 4.78 is 16.7. The summed E-state index contributed by atoms with van der Waals surface area (Å²) in [5.74, 6) is -0.514. The number of aryl methyl sites for hydroxylation is 6. The number of pyridine rings is 5. The first-order valence-electron chi connectivity index (χ1n) is 44.3. The van der Waals surface area contributed by atoms with E-state index in [2.05, 4.69) is 197 Å². The van der Waals surface area contributed by atoms with Crippen LogP contribution in [0.3, 0.4) is 0 Å². The first kappa shape index (κ1) is 76.9. The van der Waals surface area contributed by atoms with Gasteiger partial charge in [-0.25, -0.2) is 34.3 Å². The van der Waals surface area contributed by atoms with Crippen LogP contribution < -0.4 is 11.5 Å². The number of H-pyrrole nitrogens is 7. The molecule has 23 nitrogen and oxygen atoms in total. The monoisotopic (exact) mass is 1720 g/mol. The Morgan fingerprint density at radius 1 is 0.320 bits per heavy atom. The molecule has 5 aliphatic carbocycles. The Bertz CT molecular complexity index is 8220. The lowest BCUT2D eigenvalue weighted by Gasteiger charge is -2.23. The molecular formula is C102H85FN22OS2. The fourth-order valence-electron chi connectivity index (χ4n) is 21.1. The van der Waals surface area contributed by atoms with Crippen LogP contribution in [0.25, 0.3) is 197 Å². The number of rotatable bonds is 5. The first-order valence-corrected chi connectivity index (χ1v) is 45.9. The molecule has 0 bridgehead atoms. The highest BCUT2D eigenvalue weighted by atomic mass is 32.1. The summed E-state index contributed by atoms with van der Waals surface area (Å²) in [7, 11) is 0. The van der Waals surface area contributed by atoms with Gasteiger partial charge >= 0.3 is 0 Å². The number of nitrogens with one attached hydrogen (secondary N) is 7.